The summed E-state index contributed by atoms with van der Waals surface area (Å²) in [5.41, 5.74) is 0. The van der Waals surface area contributed by atoms with Crippen LogP contribution in [0.5, 0.6) is 0 Å². The summed E-state index contributed by atoms with van der Waals surface area (Å²) in [5.74, 6) is 0.781. The van der Waals surface area contributed by atoms with Crippen LogP contribution < -0.4 is 10.6 Å². The maximum Gasteiger partial charge on any atom is 0.0445 e. The highest BCUT2D eigenvalue weighted by Crippen LogP contribution is 2.25. The molecule has 0 spiro atoms. The van der Waals surface area contributed by atoms with Crippen LogP contribution in [-0.2, 0) is 0 Å². The lowest BCUT2D eigenvalue weighted by Gasteiger charge is -2.31. The number of aliphatic hydroxyl groups excluding tert-OH is 1. The van der Waals surface area contributed by atoms with E-state index in [9.17, 15) is 0 Å². The molecule has 1 aliphatic heterocycles. The van der Waals surface area contributed by atoms with E-state index in [1.807, 2.05) is 0 Å². The maximum atomic E-state index is 9.04. The van der Waals surface area contributed by atoms with Gasteiger partial charge >= 0.3 is 0 Å². The minimum absolute atomic E-state index is 0.328. The van der Waals surface area contributed by atoms with Crippen LogP contribution >= 0.6 is 0 Å². The fraction of sp³-hybridized carbons (Fsp3) is 1.00. The van der Waals surface area contributed by atoms with Gasteiger partial charge < -0.3 is 15.7 Å². The quantitative estimate of drug-likeness (QED) is 0.602. The molecule has 1 aliphatic carbocycles. The molecule has 82 valence electrons. The lowest BCUT2D eigenvalue weighted by molar-refractivity contribution is 0.210. The van der Waals surface area contributed by atoms with Gasteiger partial charge in [-0.25, -0.2) is 0 Å². The van der Waals surface area contributed by atoms with Gasteiger partial charge in [0, 0.05) is 18.7 Å². The fourth-order valence-electron chi connectivity index (χ4n) is 2.39. The molecule has 0 aromatic carbocycles. The van der Waals surface area contributed by atoms with Gasteiger partial charge in [-0.3, -0.25) is 0 Å². The van der Waals surface area contributed by atoms with Crippen molar-refractivity contribution in [1.82, 2.24) is 10.6 Å². The van der Waals surface area contributed by atoms with E-state index in [0.29, 0.717) is 12.6 Å². The molecule has 3 heteroatoms. The van der Waals surface area contributed by atoms with Gasteiger partial charge in [0.2, 0.25) is 0 Å². The first-order valence-corrected chi connectivity index (χ1v) is 5.98. The van der Waals surface area contributed by atoms with Crippen molar-refractivity contribution in [3.8, 4) is 0 Å². The zero-order valence-electron chi connectivity index (χ0n) is 8.84. The lowest BCUT2D eigenvalue weighted by Crippen LogP contribution is -2.43. The Bertz CT molecular complexity index is 165. The van der Waals surface area contributed by atoms with Crippen LogP contribution in [0.2, 0.25) is 0 Å². The van der Waals surface area contributed by atoms with E-state index in [-0.39, 0.29) is 0 Å². The van der Waals surface area contributed by atoms with Gasteiger partial charge in [-0.1, -0.05) is 0 Å². The first kappa shape index (κ1) is 10.4. The number of hydrogen-bond acceptors (Lipinski definition) is 3. The standard InChI is InChI=1S/C11H22N2O/c14-8-5-11(13-10-1-2-10)9-3-6-12-7-4-9/h9-14H,1-8H2. The van der Waals surface area contributed by atoms with E-state index >= 15 is 0 Å². The summed E-state index contributed by atoms with van der Waals surface area (Å²) in [5, 5.41) is 16.1. The van der Waals surface area contributed by atoms with E-state index in [2.05, 4.69) is 10.6 Å². The third kappa shape index (κ3) is 2.94. The minimum atomic E-state index is 0.328. The molecule has 0 radical (unpaired) electrons. The van der Waals surface area contributed by atoms with Gasteiger partial charge in [0.1, 0.15) is 0 Å². The predicted octanol–water partition coefficient (Wildman–Crippen LogP) is 0.489. The van der Waals surface area contributed by atoms with E-state index in [4.69, 9.17) is 5.11 Å². The third-order valence-corrected chi connectivity index (χ3v) is 3.42. The number of hydrogen-bond donors (Lipinski definition) is 3. The van der Waals surface area contributed by atoms with E-state index in [1.165, 1.54) is 25.7 Å². The minimum Gasteiger partial charge on any atom is -0.396 e. The molecule has 3 N–H and O–H groups in total. The largest absolute Gasteiger partial charge is 0.396 e. The Balaban J connectivity index is 1.79. The number of piperidine rings is 1. The van der Waals surface area contributed by atoms with Gasteiger partial charge in [-0.05, 0) is 51.1 Å². The molecule has 1 heterocycles. The summed E-state index contributed by atoms with van der Waals surface area (Å²) in [7, 11) is 0. The van der Waals surface area contributed by atoms with Crippen LogP contribution in [-0.4, -0.2) is 36.9 Å². The van der Waals surface area contributed by atoms with Gasteiger partial charge in [-0.15, -0.1) is 0 Å². The van der Waals surface area contributed by atoms with Crippen molar-refractivity contribution in [1.29, 1.82) is 0 Å². The van der Waals surface area contributed by atoms with Crippen molar-refractivity contribution in [2.24, 2.45) is 5.92 Å². The molecular weight excluding hydrogens is 176 g/mol. The van der Waals surface area contributed by atoms with Crippen LogP contribution in [0, 0.1) is 5.92 Å². The molecule has 1 unspecified atom stereocenters. The highest BCUT2D eigenvalue weighted by atomic mass is 16.3. The molecule has 1 saturated heterocycles. The Morgan fingerprint density at radius 1 is 1.21 bits per heavy atom. The second kappa shape index (κ2) is 5.10. The number of rotatable bonds is 5. The first-order valence-electron chi connectivity index (χ1n) is 5.98. The average Bonchev–Trinajstić information content (AvgIpc) is 3.03. The summed E-state index contributed by atoms with van der Waals surface area (Å²) < 4.78 is 0. The van der Waals surface area contributed by atoms with Crippen molar-refractivity contribution in [2.45, 2.75) is 44.2 Å². The molecule has 0 aromatic heterocycles. The highest BCUT2D eigenvalue weighted by Gasteiger charge is 2.29. The molecule has 2 aliphatic rings. The zero-order valence-corrected chi connectivity index (χ0v) is 8.84. The molecule has 0 amide bonds. The highest BCUT2D eigenvalue weighted by molar-refractivity contribution is 4.89. The molecule has 1 atom stereocenters. The van der Waals surface area contributed by atoms with Crippen molar-refractivity contribution >= 4 is 0 Å². The smallest absolute Gasteiger partial charge is 0.0445 e. The van der Waals surface area contributed by atoms with Crippen molar-refractivity contribution in [3.63, 3.8) is 0 Å². The van der Waals surface area contributed by atoms with Crippen LogP contribution in [0.25, 0.3) is 0 Å². The topological polar surface area (TPSA) is 44.3 Å². The number of nitrogens with one attached hydrogen (secondary N) is 2. The maximum absolute atomic E-state index is 9.04. The molecule has 0 bridgehead atoms. The molecule has 2 rings (SSSR count). The van der Waals surface area contributed by atoms with Crippen molar-refractivity contribution in [3.05, 3.63) is 0 Å². The predicted molar refractivity (Wildman–Crippen MR) is 57.2 cm³/mol. The SMILES string of the molecule is OCCC(NC1CC1)C1CCNCC1. The molecular formula is C11H22N2O. The summed E-state index contributed by atoms with van der Waals surface area (Å²) in [4.78, 5) is 0. The summed E-state index contributed by atoms with van der Waals surface area (Å²) >= 11 is 0. The summed E-state index contributed by atoms with van der Waals surface area (Å²) in [6, 6.07) is 1.33. The molecule has 0 aromatic rings. The second-order valence-corrected chi connectivity index (χ2v) is 4.65. The van der Waals surface area contributed by atoms with Crippen LogP contribution in [0.1, 0.15) is 32.1 Å². The fourth-order valence-corrected chi connectivity index (χ4v) is 2.39. The Labute approximate surface area is 86.3 Å². The van der Waals surface area contributed by atoms with Crippen LogP contribution in [0.3, 0.4) is 0 Å². The van der Waals surface area contributed by atoms with Crippen molar-refractivity contribution in [2.75, 3.05) is 19.7 Å². The monoisotopic (exact) mass is 198 g/mol. The third-order valence-electron chi connectivity index (χ3n) is 3.42. The van der Waals surface area contributed by atoms with E-state index in [0.717, 1.165) is 31.5 Å². The number of aliphatic hydroxyl groups is 1. The molecule has 3 nitrogen and oxygen atoms in total. The molecule has 1 saturated carbocycles. The van der Waals surface area contributed by atoms with E-state index in [1.54, 1.807) is 0 Å². The first-order chi connectivity index (χ1) is 6.90. The Kier molecular flexibility index (Phi) is 3.79. The Morgan fingerprint density at radius 3 is 2.50 bits per heavy atom. The Morgan fingerprint density at radius 2 is 1.93 bits per heavy atom. The van der Waals surface area contributed by atoms with Crippen LogP contribution in [0.4, 0.5) is 0 Å². The van der Waals surface area contributed by atoms with Crippen LogP contribution in [0.15, 0.2) is 0 Å². The Hall–Kier alpha value is -0.120. The lowest BCUT2D eigenvalue weighted by atomic mass is 9.88. The van der Waals surface area contributed by atoms with Gasteiger partial charge in [0.25, 0.3) is 0 Å². The average molecular weight is 198 g/mol. The van der Waals surface area contributed by atoms with Gasteiger partial charge in [-0.2, -0.15) is 0 Å². The second-order valence-electron chi connectivity index (χ2n) is 4.65. The normalized spacial score (nSPS) is 26.4. The van der Waals surface area contributed by atoms with Gasteiger partial charge in [0.15, 0.2) is 0 Å². The molecule has 14 heavy (non-hydrogen) atoms. The molecule has 2 fully saturated rings. The zero-order chi connectivity index (χ0) is 9.80. The van der Waals surface area contributed by atoms with Crippen molar-refractivity contribution < 1.29 is 5.11 Å². The summed E-state index contributed by atoms with van der Waals surface area (Å²) in [6.45, 7) is 2.63. The van der Waals surface area contributed by atoms with Gasteiger partial charge in [0.05, 0.1) is 0 Å². The summed E-state index contributed by atoms with van der Waals surface area (Å²) in [6.07, 6.45) is 6.15. The van der Waals surface area contributed by atoms with E-state index < -0.39 is 0 Å².